The van der Waals surface area contributed by atoms with Crippen LogP contribution in [-0.4, -0.2) is 26.8 Å². The summed E-state index contributed by atoms with van der Waals surface area (Å²) in [6.07, 6.45) is 5.31. The number of rotatable bonds is 7. The van der Waals surface area contributed by atoms with E-state index in [1.807, 2.05) is 30.3 Å². The van der Waals surface area contributed by atoms with Crippen LogP contribution in [0.3, 0.4) is 0 Å². The summed E-state index contributed by atoms with van der Waals surface area (Å²) in [4.78, 5) is 0. The zero-order valence-electron chi connectivity index (χ0n) is 11.9. The predicted molar refractivity (Wildman–Crippen MR) is 77.4 cm³/mol. The minimum atomic E-state index is 0.555. The molecule has 5 heteroatoms. The highest BCUT2D eigenvalue weighted by Crippen LogP contribution is 2.48. The van der Waals surface area contributed by atoms with Crippen LogP contribution in [0.5, 0.6) is 0 Å². The fourth-order valence-electron chi connectivity index (χ4n) is 2.75. The van der Waals surface area contributed by atoms with Crippen molar-refractivity contribution in [1.29, 1.82) is 0 Å². The van der Waals surface area contributed by atoms with E-state index in [9.17, 15) is 0 Å². The van der Waals surface area contributed by atoms with Gasteiger partial charge in [0.2, 0.25) is 0 Å². The zero-order chi connectivity index (χ0) is 13.8. The van der Waals surface area contributed by atoms with E-state index in [-0.39, 0.29) is 0 Å². The maximum Gasteiger partial charge on any atom is 0.170 e. The van der Waals surface area contributed by atoms with Gasteiger partial charge in [-0.1, -0.05) is 31.5 Å². The van der Waals surface area contributed by atoms with Gasteiger partial charge in [0.05, 0.1) is 12.2 Å². The summed E-state index contributed by atoms with van der Waals surface area (Å²) >= 11 is 0. The Kier molecular flexibility index (Phi) is 3.78. The van der Waals surface area contributed by atoms with Gasteiger partial charge in [0.25, 0.3) is 0 Å². The number of para-hydroxylation sites is 1. The molecule has 0 atom stereocenters. The highest BCUT2D eigenvalue weighted by atomic mass is 15.5. The molecule has 1 heterocycles. The number of benzene rings is 1. The summed E-state index contributed by atoms with van der Waals surface area (Å²) in [5.41, 5.74) is 1.56. The Morgan fingerprint density at radius 1 is 1.25 bits per heavy atom. The van der Waals surface area contributed by atoms with Crippen molar-refractivity contribution in [3.8, 4) is 5.69 Å². The van der Waals surface area contributed by atoms with Gasteiger partial charge < -0.3 is 5.32 Å². The van der Waals surface area contributed by atoms with Crippen molar-refractivity contribution in [3.05, 3.63) is 36.2 Å². The zero-order valence-corrected chi connectivity index (χ0v) is 11.9. The molecule has 1 saturated carbocycles. The Bertz CT molecular complexity index is 544. The summed E-state index contributed by atoms with van der Waals surface area (Å²) < 4.78 is 1.80. The third-order valence-electron chi connectivity index (χ3n) is 4.06. The van der Waals surface area contributed by atoms with Crippen molar-refractivity contribution >= 4 is 0 Å². The van der Waals surface area contributed by atoms with Crippen molar-refractivity contribution in [2.45, 2.75) is 39.2 Å². The molecule has 0 unspecified atom stereocenters. The van der Waals surface area contributed by atoms with Crippen LogP contribution in [0.25, 0.3) is 5.69 Å². The quantitative estimate of drug-likeness (QED) is 0.839. The normalized spacial score (nSPS) is 16.2. The van der Waals surface area contributed by atoms with Gasteiger partial charge >= 0.3 is 0 Å². The second-order valence-electron chi connectivity index (χ2n) is 5.70. The van der Waals surface area contributed by atoms with Crippen molar-refractivity contribution in [2.24, 2.45) is 5.41 Å². The lowest BCUT2D eigenvalue weighted by Crippen LogP contribution is -2.25. The molecule has 0 spiro atoms. The highest BCUT2D eigenvalue weighted by Gasteiger charge is 2.40. The fourth-order valence-corrected chi connectivity index (χ4v) is 2.75. The van der Waals surface area contributed by atoms with E-state index in [1.54, 1.807) is 4.68 Å². The predicted octanol–water partition coefficient (Wildman–Crippen LogP) is 2.33. The first-order valence-corrected chi connectivity index (χ1v) is 7.36. The first-order valence-electron chi connectivity index (χ1n) is 7.36. The average molecular weight is 271 g/mol. The molecule has 1 N–H and O–H groups in total. The molecule has 3 rings (SSSR count). The van der Waals surface area contributed by atoms with E-state index in [0.717, 1.165) is 18.1 Å². The third-order valence-corrected chi connectivity index (χ3v) is 4.06. The van der Waals surface area contributed by atoms with Crippen LogP contribution in [0.1, 0.15) is 38.4 Å². The molecular formula is C15H21N5. The van der Waals surface area contributed by atoms with Gasteiger partial charge in [0.1, 0.15) is 0 Å². The molecule has 0 amide bonds. The van der Waals surface area contributed by atoms with Gasteiger partial charge in [-0.2, -0.15) is 4.68 Å². The van der Waals surface area contributed by atoms with Crippen LogP contribution in [0, 0.1) is 5.41 Å². The molecular weight excluding hydrogens is 250 g/mol. The van der Waals surface area contributed by atoms with Crippen LogP contribution in [0.15, 0.2) is 30.3 Å². The van der Waals surface area contributed by atoms with Crippen LogP contribution in [0.2, 0.25) is 0 Å². The van der Waals surface area contributed by atoms with E-state index in [0.29, 0.717) is 12.0 Å². The minimum absolute atomic E-state index is 0.555. The van der Waals surface area contributed by atoms with Crippen LogP contribution >= 0.6 is 0 Å². The summed E-state index contributed by atoms with van der Waals surface area (Å²) in [5.74, 6) is 0.864. The minimum Gasteiger partial charge on any atom is -0.309 e. The van der Waals surface area contributed by atoms with E-state index in [2.05, 4.69) is 27.8 Å². The third kappa shape index (κ3) is 2.88. The van der Waals surface area contributed by atoms with E-state index in [1.165, 1.54) is 25.7 Å². The molecule has 1 aromatic carbocycles. The maximum atomic E-state index is 4.12. The molecule has 20 heavy (non-hydrogen) atoms. The van der Waals surface area contributed by atoms with Gasteiger partial charge in [-0.3, -0.25) is 0 Å². The van der Waals surface area contributed by atoms with Gasteiger partial charge in [0.15, 0.2) is 5.82 Å². The summed E-state index contributed by atoms with van der Waals surface area (Å²) in [6.45, 7) is 4.05. The number of hydrogen-bond acceptors (Lipinski definition) is 4. The summed E-state index contributed by atoms with van der Waals surface area (Å²) in [6, 6.07) is 10.0. The molecule has 1 aliphatic rings. The number of nitrogens with one attached hydrogen (secondary N) is 1. The first-order chi connectivity index (χ1) is 9.83. The van der Waals surface area contributed by atoms with E-state index >= 15 is 0 Å². The molecule has 5 nitrogen and oxygen atoms in total. The van der Waals surface area contributed by atoms with Crippen molar-refractivity contribution in [3.63, 3.8) is 0 Å². The van der Waals surface area contributed by atoms with E-state index < -0.39 is 0 Å². The van der Waals surface area contributed by atoms with Gasteiger partial charge in [-0.05, 0) is 47.2 Å². The number of aromatic nitrogens is 4. The van der Waals surface area contributed by atoms with E-state index in [4.69, 9.17) is 0 Å². The summed E-state index contributed by atoms with van der Waals surface area (Å²) in [7, 11) is 0. The lowest BCUT2D eigenvalue weighted by Gasteiger charge is -2.14. The number of nitrogens with zero attached hydrogens (tertiary/aromatic N) is 4. The fraction of sp³-hybridized carbons (Fsp3) is 0.533. The number of tetrazole rings is 1. The SMILES string of the molecule is CCCC1(CNCc2nnnn2-c2ccccc2)CC1. The Morgan fingerprint density at radius 2 is 2.05 bits per heavy atom. The van der Waals surface area contributed by atoms with Crippen LogP contribution in [0.4, 0.5) is 0 Å². The molecule has 106 valence electrons. The van der Waals surface area contributed by atoms with Gasteiger partial charge in [-0.25, -0.2) is 0 Å². The second-order valence-corrected chi connectivity index (χ2v) is 5.70. The highest BCUT2D eigenvalue weighted by molar-refractivity contribution is 5.30. The van der Waals surface area contributed by atoms with Gasteiger partial charge in [0, 0.05) is 6.54 Å². The maximum absolute atomic E-state index is 4.12. The monoisotopic (exact) mass is 271 g/mol. The lowest BCUT2D eigenvalue weighted by molar-refractivity contribution is 0.416. The lowest BCUT2D eigenvalue weighted by atomic mass is 10.0. The first kappa shape index (κ1) is 13.2. The van der Waals surface area contributed by atoms with Gasteiger partial charge in [-0.15, -0.1) is 5.10 Å². The molecule has 0 saturated heterocycles. The molecule has 1 aromatic heterocycles. The molecule has 1 aliphatic carbocycles. The molecule has 0 aliphatic heterocycles. The van der Waals surface area contributed by atoms with Crippen LogP contribution < -0.4 is 5.32 Å². The Balaban J connectivity index is 1.60. The molecule has 0 bridgehead atoms. The van der Waals surface area contributed by atoms with Crippen molar-refractivity contribution < 1.29 is 0 Å². The standard InChI is InChI=1S/C15H21N5/c1-2-8-15(9-10-15)12-16-11-14-17-18-19-20(14)13-6-4-3-5-7-13/h3-7,16H,2,8-12H2,1H3. The Morgan fingerprint density at radius 3 is 2.75 bits per heavy atom. The smallest absolute Gasteiger partial charge is 0.170 e. The topological polar surface area (TPSA) is 55.6 Å². The van der Waals surface area contributed by atoms with Crippen molar-refractivity contribution in [2.75, 3.05) is 6.54 Å². The second kappa shape index (κ2) is 5.71. The molecule has 2 aromatic rings. The summed E-state index contributed by atoms with van der Waals surface area (Å²) in [5, 5.41) is 15.5. The Labute approximate surface area is 119 Å². The largest absolute Gasteiger partial charge is 0.309 e. The Hall–Kier alpha value is -1.75. The van der Waals surface area contributed by atoms with Crippen LogP contribution in [-0.2, 0) is 6.54 Å². The average Bonchev–Trinajstić information content (AvgIpc) is 3.08. The van der Waals surface area contributed by atoms with Crippen molar-refractivity contribution in [1.82, 2.24) is 25.5 Å². The molecule has 0 radical (unpaired) electrons. The number of hydrogen-bond donors (Lipinski definition) is 1. The molecule has 1 fully saturated rings.